The lowest BCUT2D eigenvalue weighted by atomic mass is 11.7. The van der Waals surface area contributed by atoms with E-state index in [0.29, 0.717) is 0 Å². The van der Waals surface area contributed by atoms with Crippen molar-refractivity contribution in [3.8, 4) is 0 Å². The molecule has 0 amide bonds. The zero-order valence-electron chi connectivity index (χ0n) is 3.12. The molecule has 0 fully saturated rings. The van der Waals surface area contributed by atoms with Crippen LogP contribution in [-0.4, -0.2) is 12.1 Å². The SMILES string of the molecule is CO[N-][N+](=O)[O-]. The molecule has 0 atom stereocenters. The van der Waals surface area contributed by atoms with Crippen molar-refractivity contribution in [3.63, 3.8) is 0 Å². The molecule has 0 bridgehead atoms. The van der Waals surface area contributed by atoms with E-state index >= 15 is 0 Å². The van der Waals surface area contributed by atoms with Crippen LogP contribution in [0.2, 0.25) is 0 Å². The molecule has 0 heterocycles. The summed E-state index contributed by atoms with van der Waals surface area (Å²) in [6, 6.07) is 0. The van der Waals surface area contributed by atoms with Gasteiger partial charge in [0.1, 0.15) is 0 Å². The molecule has 0 aromatic rings. The van der Waals surface area contributed by atoms with E-state index < -0.39 is 5.03 Å². The summed E-state index contributed by atoms with van der Waals surface area (Å²) in [6.07, 6.45) is 0. The minimum Gasteiger partial charge on any atom is -0.405 e. The predicted molar refractivity (Wildman–Crippen MR) is 17.4 cm³/mol. The quantitative estimate of drug-likeness (QED) is 0.358. The molecule has 36 valence electrons. The van der Waals surface area contributed by atoms with Crippen LogP contribution in [0, 0.1) is 10.1 Å². The molecule has 5 heteroatoms. The van der Waals surface area contributed by atoms with Crippen molar-refractivity contribution >= 4 is 0 Å². The number of nitrogens with zero attached hydrogens (tertiary/aromatic N) is 2. The maximum atomic E-state index is 9.11. The van der Waals surface area contributed by atoms with E-state index in [4.69, 9.17) is 10.1 Å². The highest BCUT2D eigenvalue weighted by atomic mass is 16.8. The van der Waals surface area contributed by atoms with E-state index in [1.807, 2.05) is 0 Å². The van der Waals surface area contributed by atoms with Crippen molar-refractivity contribution in [3.05, 3.63) is 15.7 Å². The summed E-state index contributed by atoms with van der Waals surface area (Å²) in [7, 11) is 1.11. The van der Waals surface area contributed by atoms with Crippen molar-refractivity contribution in [2.24, 2.45) is 0 Å². The van der Waals surface area contributed by atoms with Crippen LogP contribution in [0.5, 0.6) is 0 Å². The summed E-state index contributed by atoms with van der Waals surface area (Å²) in [5.74, 6) is 0. The third-order valence-electron chi connectivity index (χ3n) is 0.148. The van der Waals surface area contributed by atoms with Crippen molar-refractivity contribution < 1.29 is 9.87 Å². The zero-order chi connectivity index (χ0) is 4.99. The van der Waals surface area contributed by atoms with Crippen molar-refractivity contribution in [1.29, 1.82) is 0 Å². The van der Waals surface area contributed by atoms with Crippen molar-refractivity contribution in [1.82, 2.24) is 0 Å². The van der Waals surface area contributed by atoms with Gasteiger partial charge in [0.05, 0.1) is 0 Å². The highest BCUT2D eigenvalue weighted by Gasteiger charge is 1.64. The summed E-state index contributed by atoms with van der Waals surface area (Å²) in [4.78, 5) is 12.8. The van der Waals surface area contributed by atoms with Gasteiger partial charge in [0.25, 0.3) is 0 Å². The molecule has 0 unspecified atom stereocenters. The molecule has 5 nitrogen and oxygen atoms in total. The van der Waals surface area contributed by atoms with Crippen molar-refractivity contribution in [2.75, 3.05) is 7.11 Å². The third-order valence-corrected chi connectivity index (χ3v) is 0.148. The van der Waals surface area contributed by atoms with Crippen LogP contribution in [0.1, 0.15) is 0 Å². The molecule has 0 aromatic carbocycles. The maximum absolute atomic E-state index is 9.11. The van der Waals surface area contributed by atoms with Crippen LogP contribution in [0.25, 0.3) is 5.59 Å². The second-order valence-corrected chi connectivity index (χ2v) is 0.502. The Morgan fingerprint density at radius 2 is 2.50 bits per heavy atom. The second-order valence-electron chi connectivity index (χ2n) is 0.502. The predicted octanol–water partition coefficient (Wildman–Crippen LogP) is 0.113. The van der Waals surface area contributed by atoms with Crippen LogP contribution in [0.15, 0.2) is 0 Å². The third kappa shape index (κ3) is 3.16. The van der Waals surface area contributed by atoms with Gasteiger partial charge in [0.15, 0.2) is 0 Å². The van der Waals surface area contributed by atoms with Gasteiger partial charge in [-0.2, -0.15) is 0 Å². The minimum atomic E-state index is -0.917. The lowest BCUT2D eigenvalue weighted by Gasteiger charge is -2.01. The average molecular weight is 91.0 g/mol. The molecular weight excluding hydrogens is 88.0 g/mol. The molecule has 0 aromatic heterocycles. The number of nitro groups is 1. The Hall–Kier alpha value is -0.840. The van der Waals surface area contributed by atoms with Crippen molar-refractivity contribution in [2.45, 2.75) is 0 Å². The van der Waals surface area contributed by atoms with Gasteiger partial charge in [-0.3, -0.25) is 10.1 Å². The van der Waals surface area contributed by atoms with E-state index in [9.17, 15) is 0 Å². The van der Waals surface area contributed by atoms with E-state index in [-0.39, 0.29) is 0 Å². The van der Waals surface area contributed by atoms with E-state index in [1.54, 1.807) is 0 Å². The molecule has 6 heavy (non-hydrogen) atoms. The van der Waals surface area contributed by atoms with E-state index in [2.05, 4.69) is 10.4 Å². The second kappa shape index (κ2) is 2.40. The first-order valence-corrected chi connectivity index (χ1v) is 1.16. The Kier molecular flexibility index (Phi) is 2.06. The van der Waals surface area contributed by atoms with Crippen LogP contribution in [-0.2, 0) is 4.84 Å². The molecule has 0 spiro atoms. The topological polar surface area (TPSA) is 66.5 Å². The largest absolute Gasteiger partial charge is 0.405 e. The molecule has 0 saturated heterocycles. The fourth-order valence-electron chi connectivity index (χ4n) is 0.0667. The van der Waals surface area contributed by atoms with Crippen LogP contribution in [0.4, 0.5) is 0 Å². The summed E-state index contributed by atoms with van der Waals surface area (Å²) in [5.41, 5.74) is 2.35. The fraction of sp³-hybridized carbons (Fsp3) is 1.00. The van der Waals surface area contributed by atoms with Gasteiger partial charge in [-0.15, -0.1) is 0 Å². The summed E-state index contributed by atoms with van der Waals surface area (Å²) in [6.45, 7) is 0. The standard InChI is InChI=1S/CH3N2O3/c1-6-2-3(4)5/h1H3/q-1. The van der Waals surface area contributed by atoms with Gasteiger partial charge in [-0.1, -0.05) is 0 Å². The first-order chi connectivity index (χ1) is 2.77. The Morgan fingerprint density at radius 3 is 2.50 bits per heavy atom. The highest BCUT2D eigenvalue weighted by Crippen LogP contribution is 1.80. The lowest BCUT2D eigenvalue weighted by molar-refractivity contribution is -0.463. The fourth-order valence-corrected chi connectivity index (χ4v) is 0.0667. The molecule has 0 aliphatic heterocycles. The summed E-state index contributed by atoms with van der Waals surface area (Å²) in [5, 5.41) is 8.20. The lowest BCUT2D eigenvalue weighted by Crippen LogP contribution is -1.87. The molecule has 0 N–H and O–H groups in total. The number of rotatable bonds is 2. The van der Waals surface area contributed by atoms with Gasteiger partial charge < -0.3 is 4.84 Å². The van der Waals surface area contributed by atoms with Gasteiger partial charge in [-0.05, 0) is 0 Å². The number of hydrogen-bond acceptors (Lipinski definition) is 3. The Bertz CT molecular complexity index is 52.8. The molecular formula is CH3N2O3-. The van der Waals surface area contributed by atoms with Gasteiger partial charge >= 0.3 is 0 Å². The van der Waals surface area contributed by atoms with Crippen LogP contribution < -0.4 is 0 Å². The maximum Gasteiger partial charge on any atom is 0.0240 e. The van der Waals surface area contributed by atoms with Crippen LogP contribution in [0.3, 0.4) is 0 Å². The Morgan fingerprint density at radius 1 is 2.00 bits per heavy atom. The number of hydrogen-bond donors (Lipinski definition) is 0. The highest BCUT2D eigenvalue weighted by molar-refractivity contribution is 4.22. The summed E-state index contributed by atoms with van der Waals surface area (Å²) < 4.78 is 0. The molecule has 0 aliphatic rings. The van der Waals surface area contributed by atoms with Gasteiger partial charge in [0, 0.05) is 12.1 Å². The zero-order valence-corrected chi connectivity index (χ0v) is 3.12. The monoisotopic (exact) mass is 91.0 g/mol. The van der Waals surface area contributed by atoms with E-state index in [1.165, 1.54) is 0 Å². The van der Waals surface area contributed by atoms with E-state index in [0.717, 1.165) is 7.11 Å². The molecule has 0 radical (unpaired) electrons. The minimum absolute atomic E-state index is 0.917. The molecule has 0 rings (SSSR count). The summed E-state index contributed by atoms with van der Waals surface area (Å²) >= 11 is 0. The molecule has 0 saturated carbocycles. The smallest absolute Gasteiger partial charge is 0.0240 e. The first-order valence-electron chi connectivity index (χ1n) is 1.16. The van der Waals surface area contributed by atoms with Gasteiger partial charge in [0.2, 0.25) is 0 Å². The van der Waals surface area contributed by atoms with Crippen LogP contribution >= 0.6 is 0 Å². The van der Waals surface area contributed by atoms with Gasteiger partial charge in [-0.25, -0.2) is 5.59 Å². The average Bonchev–Trinajstić information content (AvgIpc) is 1.35. The normalized spacial score (nSPS) is 7.50. The Balaban J connectivity index is 2.83. The first kappa shape index (κ1) is 5.16. The molecule has 0 aliphatic carbocycles. The Labute approximate surface area is 34.0 Å².